The Bertz CT molecular complexity index is 1380. The Morgan fingerprint density at radius 3 is 2.22 bits per heavy atom. The number of nitrogens with zero attached hydrogens (tertiary/aromatic N) is 1. The molecule has 1 fully saturated rings. The molecule has 0 radical (unpaired) electrons. The number of carbonyl (C=O) groups is 2. The Kier molecular flexibility index (Phi) is 7.61. The highest BCUT2D eigenvalue weighted by Crippen LogP contribution is 2.30. The largest absolute Gasteiger partial charge is 0.336 e. The molecule has 1 heterocycles. The lowest BCUT2D eigenvalue weighted by Gasteiger charge is -2.32. The predicted molar refractivity (Wildman–Crippen MR) is 142 cm³/mol. The number of nitrogens with one attached hydrogen (secondary N) is 3. The van der Waals surface area contributed by atoms with Gasteiger partial charge in [0.1, 0.15) is 0 Å². The number of anilines is 1. The van der Waals surface area contributed by atoms with Crippen molar-refractivity contribution in [3.05, 3.63) is 71.8 Å². The Morgan fingerprint density at radius 1 is 0.917 bits per heavy atom. The minimum Gasteiger partial charge on any atom is -0.336 e. The second kappa shape index (κ2) is 10.7. The number of piperidine rings is 1. The van der Waals surface area contributed by atoms with Crippen LogP contribution < -0.4 is 15.4 Å². The standard InChI is InChI=1S/C27H32N4O4S/c1-18(2)28-27(33)31-16-14-20(15-17-31)30-36(34,35)25-13-12-24(22-10-6-7-11-23(22)25)29-26(32)21-9-5-4-8-19(21)3/h4-13,18,20,30H,14-17H2,1-3H3,(H,28,33)(H,29,32). The molecule has 0 bridgehead atoms. The third-order valence-corrected chi connectivity index (χ3v) is 7.91. The molecule has 36 heavy (non-hydrogen) atoms. The van der Waals surface area contributed by atoms with Gasteiger partial charge in [-0.2, -0.15) is 0 Å². The fraction of sp³-hybridized carbons (Fsp3) is 0.333. The molecule has 0 spiro atoms. The maximum Gasteiger partial charge on any atom is 0.317 e. The van der Waals surface area contributed by atoms with Crippen LogP contribution in [-0.4, -0.2) is 50.4 Å². The number of hydrogen-bond donors (Lipinski definition) is 3. The van der Waals surface area contributed by atoms with E-state index in [1.807, 2.05) is 45.0 Å². The molecular weight excluding hydrogens is 476 g/mol. The van der Waals surface area contributed by atoms with Crippen molar-refractivity contribution in [2.45, 2.75) is 50.6 Å². The van der Waals surface area contributed by atoms with Gasteiger partial charge in [0.15, 0.2) is 0 Å². The third-order valence-electron chi connectivity index (χ3n) is 6.33. The molecule has 0 aliphatic carbocycles. The van der Waals surface area contributed by atoms with Crippen LogP contribution in [0.2, 0.25) is 0 Å². The number of urea groups is 1. The van der Waals surface area contributed by atoms with E-state index in [1.54, 1.807) is 35.2 Å². The molecule has 0 atom stereocenters. The van der Waals surface area contributed by atoms with Gasteiger partial charge in [0, 0.05) is 47.2 Å². The highest BCUT2D eigenvalue weighted by Gasteiger charge is 2.28. The summed E-state index contributed by atoms with van der Waals surface area (Å²) in [5, 5.41) is 6.98. The van der Waals surface area contributed by atoms with E-state index in [0.29, 0.717) is 48.0 Å². The number of likely N-dealkylation sites (tertiary alicyclic amines) is 1. The van der Waals surface area contributed by atoms with E-state index in [1.165, 1.54) is 6.07 Å². The molecule has 3 aromatic carbocycles. The monoisotopic (exact) mass is 508 g/mol. The van der Waals surface area contributed by atoms with Gasteiger partial charge in [0.25, 0.3) is 5.91 Å². The first-order valence-electron chi connectivity index (χ1n) is 12.1. The van der Waals surface area contributed by atoms with Crippen LogP contribution in [-0.2, 0) is 10.0 Å². The number of benzene rings is 3. The first kappa shape index (κ1) is 25.7. The molecule has 3 aromatic rings. The summed E-state index contributed by atoms with van der Waals surface area (Å²) in [6.07, 6.45) is 1.07. The molecule has 9 heteroatoms. The maximum atomic E-state index is 13.4. The zero-order chi connectivity index (χ0) is 25.9. The van der Waals surface area contributed by atoms with Crippen LogP contribution >= 0.6 is 0 Å². The van der Waals surface area contributed by atoms with Crippen molar-refractivity contribution < 1.29 is 18.0 Å². The van der Waals surface area contributed by atoms with E-state index in [2.05, 4.69) is 15.4 Å². The molecule has 0 unspecified atom stereocenters. The summed E-state index contributed by atoms with van der Waals surface area (Å²) >= 11 is 0. The van der Waals surface area contributed by atoms with Gasteiger partial charge in [0.05, 0.1) is 4.90 Å². The number of fused-ring (bicyclic) bond motifs is 1. The average Bonchev–Trinajstić information content (AvgIpc) is 2.84. The van der Waals surface area contributed by atoms with Gasteiger partial charge >= 0.3 is 6.03 Å². The number of amides is 3. The second-order valence-electron chi connectivity index (χ2n) is 9.41. The lowest BCUT2D eigenvalue weighted by Crippen LogP contribution is -2.50. The van der Waals surface area contributed by atoms with Crippen molar-refractivity contribution >= 4 is 38.4 Å². The minimum atomic E-state index is -3.83. The number of sulfonamides is 1. The fourth-order valence-corrected chi connectivity index (χ4v) is 5.97. The van der Waals surface area contributed by atoms with E-state index in [0.717, 1.165) is 5.56 Å². The van der Waals surface area contributed by atoms with Crippen molar-refractivity contribution in [2.24, 2.45) is 0 Å². The van der Waals surface area contributed by atoms with E-state index in [-0.39, 0.29) is 28.9 Å². The van der Waals surface area contributed by atoms with Crippen LogP contribution in [0.4, 0.5) is 10.5 Å². The number of hydrogen-bond acceptors (Lipinski definition) is 4. The summed E-state index contributed by atoms with van der Waals surface area (Å²) in [5.41, 5.74) is 1.96. The molecule has 1 aliphatic heterocycles. The number of aryl methyl sites for hydroxylation is 1. The predicted octanol–water partition coefficient (Wildman–Crippen LogP) is 4.26. The SMILES string of the molecule is Cc1ccccc1C(=O)Nc1ccc(S(=O)(=O)NC2CCN(C(=O)NC(C)C)CC2)c2ccccc12. The third kappa shape index (κ3) is 5.68. The van der Waals surface area contributed by atoms with E-state index in [9.17, 15) is 18.0 Å². The van der Waals surface area contributed by atoms with Gasteiger partial charge in [-0.1, -0.05) is 42.5 Å². The van der Waals surface area contributed by atoms with Crippen molar-refractivity contribution in [1.82, 2.24) is 14.9 Å². The lowest BCUT2D eigenvalue weighted by atomic mass is 10.1. The molecule has 8 nitrogen and oxygen atoms in total. The Morgan fingerprint density at radius 2 is 1.56 bits per heavy atom. The van der Waals surface area contributed by atoms with Gasteiger partial charge in [-0.05, 0) is 57.4 Å². The first-order valence-corrected chi connectivity index (χ1v) is 13.6. The van der Waals surface area contributed by atoms with Crippen molar-refractivity contribution in [3.8, 4) is 0 Å². The number of rotatable bonds is 6. The van der Waals surface area contributed by atoms with Gasteiger partial charge in [-0.15, -0.1) is 0 Å². The summed E-state index contributed by atoms with van der Waals surface area (Å²) in [4.78, 5) is 27.0. The maximum absolute atomic E-state index is 13.4. The van der Waals surface area contributed by atoms with Crippen LogP contribution in [0, 0.1) is 6.92 Å². The minimum absolute atomic E-state index is 0.0477. The molecule has 1 saturated heterocycles. The van der Waals surface area contributed by atoms with Crippen LogP contribution in [0.25, 0.3) is 10.8 Å². The zero-order valence-corrected chi connectivity index (χ0v) is 21.6. The second-order valence-corrected chi connectivity index (χ2v) is 11.1. The summed E-state index contributed by atoms with van der Waals surface area (Å²) in [6, 6.07) is 17.3. The summed E-state index contributed by atoms with van der Waals surface area (Å²) < 4.78 is 29.6. The quantitative estimate of drug-likeness (QED) is 0.462. The normalized spacial score (nSPS) is 14.7. The van der Waals surface area contributed by atoms with Crippen molar-refractivity contribution in [1.29, 1.82) is 0 Å². The topological polar surface area (TPSA) is 108 Å². The molecule has 4 rings (SSSR count). The summed E-state index contributed by atoms with van der Waals surface area (Å²) in [6.45, 7) is 6.65. The summed E-state index contributed by atoms with van der Waals surface area (Å²) in [5.74, 6) is -0.250. The average molecular weight is 509 g/mol. The Balaban J connectivity index is 1.52. The van der Waals surface area contributed by atoms with Crippen LogP contribution in [0.5, 0.6) is 0 Å². The summed E-state index contributed by atoms with van der Waals surface area (Å²) in [7, 11) is -3.83. The zero-order valence-electron chi connectivity index (χ0n) is 20.7. The van der Waals surface area contributed by atoms with Gasteiger partial charge < -0.3 is 15.5 Å². The smallest absolute Gasteiger partial charge is 0.317 e. The Hall–Kier alpha value is -3.43. The highest BCUT2D eigenvalue weighted by molar-refractivity contribution is 7.89. The van der Waals surface area contributed by atoms with Gasteiger partial charge in [-0.25, -0.2) is 17.9 Å². The van der Waals surface area contributed by atoms with Crippen LogP contribution in [0.1, 0.15) is 42.6 Å². The molecule has 3 amide bonds. The molecular formula is C27H32N4O4S. The van der Waals surface area contributed by atoms with Crippen molar-refractivity contribution in [2.75, 3.05) is 18.4 Å². The molecule has 0 saturated carbocycles. The number of carbonyl (C=O) groups excluding carboxylic acids is 2. The first-order chi connectivity index (χ1) is 17.2. The van der Waals surface area contributed by atoms with E-state index >= 15 is 0 Å². The van der Waals surface area contributed by atoms with Crippen LogP contribution in [0.3, 0.4) is 0 Å². The molecule has 0 aromatic heterocycles. The molecule has 3 N–H and O–H groups in total. The highest BCUT2D eigenvalue weighted by atomic mass is 32.2. The fourth-order valence-electron chi connectivity index (χ4n) is 4.45. The van der Waals surface area contributed by atoms with Gasteiger partial charge in [0.2, 0.25) is 10.0 Å². The van der Waals surface area contributed by atoms with Crippen LogP contribution in [0.15, 0.2) is 65.6 Å². The molecule has 1 aliphatic rings. The van der Waals surface area contributed by atoms with E-state index in [4.69, 9.17) is 0 Å². The molecule has 190 valence electrons. The lowest BCUT2D eigenvalue weighted by molar-refractivity contribution is 0.102. The van der Waals surface area contributed by atoms with Gasteiger partial charge in [-0.3, -0.25) is 4.79 Å². The van der Waals surface area contributed by atoms with E-state index < -0.39 is 10.0 Å². The van der Waals surface area contributed by atoms with Crippen molar-refractivity contribution in [3.63, 3.8) is 0 Å². The Labute approximate surface area is 212 Å².